The molecule has 2 fully saturated rings. The van der Waals surface area contributed by atoms with Gasteiger partial charge in [-0.05, 0) is 64.7 Å². The van der Waals surface area contributed by atoms with Gasteiger partial charge in [-0.25, -0.2) is 4.79 Å². The molecule has 0 aliphatic heterocycles. The highest BCUT2D eigenvalue weighted by atomic mass is 16.6. The third-order valence-corrected chi connectivity index (χ3v) is 5.14. The van der Waals surface area contributed by atoms with Crippen molar-refractivity contribution in [2.75, 3.05) is 6.54 Å². The number of carbonyl (C=O) groups is 1. The summed E-state index contributed by atoms with van der Waals surface area (Å²) < 4.78 is 5.40. The molecule has 3 unspecified atom stereocenters. The minimum absolute atomic E-state index is 0.0876. The molecular formula is C17H28N2O2. The van der Waals surface area contributed by atoms with Crippen LogP contribution in [0, 0.1) is 11.8 Å². The average Bonchev–Trinajstić information content (AvgIpc) is 2.65. The summed E-state index contributed by atoms with van der Waals surface area (Å²) in [5.74, 6) is 1.60. The molecule has 3 aliphatic carbocycles. The molecule has 1 amide bonds. The zero-order chi connectivity index (χ0) is 15.1. The SMILES string of the molecule is CC(C)(C)OC(=O)NC1(CNC2CC3CC=CC32)CCC1. The summed E-state index contributed by atoms with van der Waals surface area (Å²) in [7, 11) is 0. The lowest BCUT2D eigenvalue weighted by Gasteiger charge is -2.47. The van der Waals surface area contributed by atoms with Crippen molar-refractivity contribution in [2.24, 2.45) is 11.8 Å². The predicted octanol–water partition coefficient (Wildman–Crippen LogP) is 2.99. The van der Waals surface area contributed by atoms with Gasteiger partial charge in [-0.15, -0.1) is 0 Å². The Morgan fingerprint density at radius 1 is 1.38 bits per heavy atom. The second-order valence-electron chi connectivity index (χ2n) is 7.99. The minimum atomic E-state index is -0.432. The van der Waals surface area contributed by atoms with E-state index in [2.05, 4.69) is 22.8 Å². The van der Waals surface area contributed by atoms with Gasteiger partial charge in [0.15, 0.2) is 0 Å². The van der Waals surface area contributed by atoms with Crippen LogP contribution in [0.5, 0.6) is 0 Å². The van der Waals surface area contributed by atoms with Crippen molar-refractivity contribution in [3.05, 3.63) is 12.2 Å². The molecule has 3 aliphatic rings. The van der Waals surface area contributed by atoms with Crippen LogP contribution in [-0.2, 0) is 4.74 Å². The van der Waals surface area contributed by atoms with Crippen LogP contribution >= 0.6 is 0 Å². The number of alkyl carbamates (subject to hydrolysis) is 1. The first-order chi connectivity index (χ1) is 9.87. The molecule has 3 atom stereocenters. The first-order valence-electron chi connectivity index (χ1n) is 8.28. The van der Waals surface area contributed by atoms with Gasteiger partial charge in [-0.3, -0.25) is 0 Å². The van der Waals surface area contributed by atoms with Crippen LogP contribution in [0.4, 0.5) is 4.79 Å². The van der Waals surface area contributed by atoms with Gasteiger partial charge in [-0.1, -0.05) is 12.2 Å². The molecule has 0 spiro atoms. The van der Waals surface area contributed by atoms with Crippen molar-refractivity contribution < 1.29 is 9.53 Å². The fourth-order valence-corrected chi connectivity index (χ4v) is 3.74. The van der Waals surface area contributed by atoms with Gasteiger partial charge < -0.3 is 15.4 Å². The largest absolute Gasteiger partial charge is 0.444 e. The third-order valence-electron chi connectivity index (χ3n) is 5.14. The summed E-state index contributed by atoms with van der Waals surface area (Å²) in [6, 6.07) is 0.603. The van der Waals surface area contributed by atoms with Crippen molar-refractivity contribution in [1.82, 2.24) is 10.6 Å². The Hall–Kier alpha value is -1.03. The number of hydrogen-bond donors (Lipinski definition) is 2. The van der Waals surface area contributed by atoms with E-state index >= 15 is 0 Å². The van der Waals surface area contributed by atoms with E-state index in [0.29, 0.717) is 6.04 Å². The maximum absolute atomic E-state index is 12.0. The van der Waals surface area contributed by atoms with E-state index in [1.54, 1.807) is 0 Å². The molecule has 118 valence electrons. The lowest BCUT2D eigenvalue weighted by Crippen LogP contribution is -2.62. The number of carbonyl (C=O) groups excluding carboxylic acids is 1. The highest BCUT2D eigenvalue weighted by molar-refractivity contribution is 5.69. The first kappa shape index (κ1) is 14.9. The maximum Gasteiger partial charge on any atom is 0.408 e. The monoisotopic (exact) mass is 292 g/mol. The second kappa shape index (κ2) is 5.31. The van der Waals surface area contributed by atoms with Gasteiger partial charge in [0, 0.05) is 12.6 Å². The minimum Gasteiger partial charge on any atom is -0.444 e. The molecule has 2 saturated carbocycles. The van der Waals surface area contributed by atoms with E-state index in [-0.39, 0.29) is 11.6 Å². The highest BCUT2D eigenvalue weighted by Crippen LogP contribution is 2.43. The van der Waals surface area contributed by atoms with Crippen molar-refractivity contribution >= 4 is 6.09 Å². The Kier molecular flexibility index (Phi) is 3.76. The molecule has 0 aromatic rings. The molecule has 3 rings (SSSR count). The quantitative estimate of drug-likeness (QED) is 0.783. The molecule has 0 bridgehead atoms. The number of rotatable bonds is 4. The van der Waals surface area contributed by atoms with Crippen LogP contribution < -0.4 is 10.6 Å². The van der Waals surface area contributed by atoms with Crippen molar-refractivity contribution in [2.45, 2.75) is 70.1 Å². The van der Waals surface area contributed by atoms with Crippen molar-refractivity contribution in [1.29, 1.82) is 0 Å². The van der Waals surface area contributed by atoms with Crippen LogP contribution in [0.3, 0.4) is 0 Å². The number of ether oxygens (including phenoxy) is 1. The molecule has 0 aromatic carbocycles. The van der Waals surface area contributed by atoms with E-state index < -0.39 is 5.60 Å². The van der Waals surface area contributed by atoms with E-state index in [1.807, 2.05) is 20.8 Å². The topological polar surface area (TPSA) is 50.4 Å². The predicted molar refractivity (Wildman–Crippen MR) is 83.1 cm³/mol. The number of hydrogen-bond acceptors (Lipinski definition) is 3. The third kappa shape index (κ3) is 3.25. The summed E-state index contributed by atoms with van der Waals surface area (Å²) in [6.07, 6.45) is 10.2. The van der Waals surface area contributed by atoms with Gasteiger partial charge in [-0.2, -0.15) is 0 Å². The number of allylic oxidation sites excluding steroid dienone is 1. The summed E-state index contributed by atoms with van der Waals surface area (Å²) >= 11 is 0. The summed E-state index contributed by atoms with van der Waals surface area (Å²) in [5, 5.41) is 6.79. The smallest absolute Gasteiger partial charge is 0.408 e. The summed E-state index contributed by atoms with van der Waals surface area (Å²) in [4.78, 5) is 12.0. The van der Waals surface area contributed by atoms with Gasteiger partial charge in [0.05, 0.1) is 5.54 Å². The fraction of sp³-hybridized carbons (Fsp3) is 0.824. The van der Waals surface area contributed by atoms with Crippen LogP contribution in [-0.4, -0.2) is 29.8 Å². The molecule has 0 aromatic heterocycles. The number of amides is 1. The second-order valence-corrected chi connectivity index (χ2v) is 7.99. The van der Waals surface area contributed by atoms with Crippen molar-refractivity contribution in [3.8, 4) is 0 Å². The molecule has 2 N–H and O–H groups in total. The van der Waals surface area contributed by atoms with Crippen LogP contribution in [0.15, 0.2) is 12.2 Å². The number of fused-ring (bicyclic) bond motifs is 1. The molecule has 21 heavy (non-hydrogen) atoms. The number of nitrogens with one attached hydrogen (secondary N) is 2. The fourth-order valence-electron chi connectivity index (χ4n) is 3.74. The van der Waals surface area contributed by atoms with E-state index in [1.165, 1.54) is 19.3 Å². The van der Waals surface area contributed by atoms with Gasteiger partial charge in [0.2, 0.25) is 0 Å². The average molecular weight is 292 g/mol. The molecule has 0 radical (unpaired) electrons. The lowest BCUT2D eigenvalue weighted by atomic mass is 9.70. The standard InChI is InChI=1S/C17H28N2O2/c1-16(2,3)21-15(20)19-17(8-5-9-17)11-18-14-10-12-6-4-7-13(12)14/h4,7,12-14,18H,5-6,8-11H2,1-3H3,(H,19,20). The summed E-state index contributed by atoms with van der Waals surface area (Å²) in [6.45, 7) is 6.57. The molecule has 4 nitrogen and oxygen atoms in total. The Balaban J connectivity index is 1.48. The normalized spacial score (nSPS) is 32.8. The van der Waals surface area contributed by atoms with E-state index in [9.17, 15) is 4.79 Å². The molecule has 0 heterocycles. The molecule has 0 saturated heterocycles. The van der Waals surface area contributed by atoms with E-state index in [0.717, 1.165) is 31.2 Å². The van der Waals surface area contributed by atoms with Gasteiger partial charge in [0.1, 0.15) is 5.60 Å². The zero-order valence-electron chi connectivity index (χ0n) is 13.4. The lowest BCUT2D eigenvalue weighted by molar-refractivity contribution is 0.0361. The van der Waals surface area contributed by atoms with Crippen molar-refractivity contribution in [3.63, 3.8) is 0 Å². The van der Waals surface area contributed by atoms with Gasteiger partial charge in [0.25, 0.3) is 0 Å². The van der Waals surface area contributed by atoms with Crippen LogP contribution in [0.1, 0.15) is 52.9 Å². The van der Waals surface area contributed by atoms with E-state index in [4.69, 9.17) is 4.74 Å². The van der Waals surface area contributed by atoms with Crippen LogP contribution in [0.25, 0.3) is 0 Å². The maximum atomic E-state index is 12.0. The summed E-state index contributed by atoms with van der Waals surface area (Å²) in [5.41, 5.74) is -0.520. The molecule has 4 heteroatoms. The van der Waals surface area contributed by atoms with Crippen LogP contribution in [0.2, 0.25) is 0 Å². The molecular weight excluding hydrogens is 264 g/mol. The Morgan fingerprint density at radius 3 is 2.71 bits per heavy atom. The highest BCUT2D eigenvalue weighted by Gasteiger charge is 2.44. The zero-order valence-corrected chi connectivity index (χ0v) is 13.4. The Labute approximate surface area is 127 Å². The Bertz CT molecular complexity index is 435. The Morgan fingerprint density at radius 2 is 2.14 bits per heavy atom. The van der Waals surface area contributed by atoms with Gasteiger partial charge >= 0.3 is 6.09 Å². The first-order valence-corrected chi connectivity index (χ1v) is 8.28.